The minimum Gasteiger partial charge on any atom is -0.402 e. The molecule has 94 valence electrons. The number of hydrogen-bond donors (Lipinski definition) is 0. The molecule has 1 rings (SSSR count). The number of carbonyl (C=O) groups is 1. The maximum absolute atomic E-state index is 12.4. The Labute approximate surface area is 96.2 Å². The van der Waals surface area contributed by atoms with E-state index in [2.05, 4.69) is 9.72 Å². The maximum atomic E-state index is 12.4. The fourth-order valence-corrected chi connectivity index (χ4v) is 1.18. The van der Waals surface area contributed by atoms with Crippen LogP contribution in [0.3, 0.4) is 0 Å². The van der Waals surface area contributed by atoms with Crippen LogP contribution in [-0.4, -0.2) is 17.6 Å². The van der Waals surface area contributed by atoms with E-state index in [0.29, 0.717) is 6.20 Å². The van der Waals surface area contributed by atoms with Crippen molar-refractivity contribution in [2.24, 2.45) is 0 Å². The van der Waals surface area contributed by atoms with Gasteiger partial charge in [-0.25, -0.2) is 8.78 Å². The van der Waals surface area contributed by atoms with E-state index in [1.807, 2.05) is 0 Å². The number of ether oxygens (including phenoxy) is 1. The van der Waals surface area contributed by atoms with E-state index in [-0.39, 0.29) is 6.29 Å². The highest BCUT2D eigenvalue weighted by molar-refractivity contribution is 6.34. The third-order valence-corrected chi connectivity index (χ3v) is 1.97. The summed E-state index contributed by atoms with van der Waals surface area (Å²) in [5, 5.41) is -0.859. The van der Waals surface area contributed by atoms with Crippen molar-refractivity contribution in [1.29, 1.82) is 0 Å². The summed E-state index contributed by atoms with van der Waals surface area (Å²) in [6, 6.07) is 0. The second-order valence-corrected chi connectivity index (χ2v) is 3.09. The van der Waals surface area contributed by atoms with Crippen LogP contribution in [-0.2, 0) is 0 Å². The van der Waals surface area contributed by atoms with Gasteiger partial charge >= 0.3 is 6.36 Å². The first-order chi connectivity index (χ1) is 7.76. The van der Waals surface area contributed by atoms with Gasteiger partial charge in [-0.15, -0.1) is 13.2 Å². The Morgan fingerprint density at radius 2 is 2.00 bits per heavy atom. The van der Waals surface area contributed by atoms with Crippen LogP contribution >= 0.6 is 11.6 Å². The van der Waals surface area contributed by atoms with Crippen molar-refractivity contribution in [3.63, 3.8) is 0 Å². The quantitative estimate of drug-likeness (QED) is 0.627. The van der Waals surface area contributed by atoms with Crippen molar-refractivity contribution in [2.45, 2.75) is 12.8 Å². The molecule has 1 heterocycles. The molecule has 0 amide bonds. The molecule has 0 N–H and O–H groups in total. The van der Waals surface area contributed by atoms with Crippen molar-refractivity contribution < 1.29 is 31.5 Å². The lowest BCUT2D eigenvalue weighted by Gasteiger charge is -2.14. The highest BCUT2D eigenvalue weighted by Gasteiger charge is 2.35. The fourth-order valence-electron chi connectivity index (χ4n) is 0.948. The summed E-state index contributed by atoms with van der Waals surface area (Å²) in [4.78, 5) is 13.4. The van der Waals surface area contributed by atoms with E-state index in [4.69, 9.17) is 11.6 Å². The average molecular weight is 276 g/mol. The molecule has 0 bridgehead atoms. The first kappa shape index (κ1) is 13.6. The van der Waals surface area contributed by atoms with Crippen molar-refractivity contribution >= 4 is 17.9 Å². The van der Waals surface area contributed by atoms with Crippen molar-refractivity contribution in [2.75, 3.05) is 0 Å². The summed E-state index contributed by atoms with van der Waals surface area (Å²) in [5.41, 5.74) is -1.76. The second kappa shape index (κ2) is 4.82. The Balaban J connectivity index is 3.35. The van der Waals surface area contributed by atoms with Crippen LogP contribution in [0.1, 0.15) is 22.5 Å². The Morgan fingerprint density at radius 1 is 1.41 bits per heavy atom. The normalized spacial score (nSPS) is 11.7. The van der Waals surface area contributed by atoms with Crippen LogP contribution in [0.15, 0.2) is 6.20 Å². The number of hydrogen-bond acceptors (Lipinski definition) is 3. The van der Waals surface area contributed by atoms with Gasteiger partial charge in [0.25, 0.3) is 6.43 Å². The molecule has 0 aliphatic carbocycles. The molecule has 17 heavy (non-hydrogen) atoms. The van der Waals surface area contributed by atoms with E-state index in [1.165, 1.54) is 0 Å². The number of halogens is 6. The van der Waals surface area contributed by atoms with E-state index >= 15 is 0 Å². The number of nitrogens with zero attached hydrogens (tertiary/aromatic N) is 1. The molecule has 0 saturated heterocycles. The number of aromatic nitrogens is 1. The predicted molar refractivity (Wildman–Crippen MR) is 46.3 cm³/mol. The first-order valence-electron chi connectivity index (χ1n) is 3.93. The summed E-state index contributed by atoms with van der Waals surface area (Å²) < 4.78 is 63.9. The lowest BCUT2D eigenvalue weighted by Crippen LogP contribution is -2.19. The van der Waals surface area contributed by atoms with Gasteiger partial charge in [0.05, 0.1) is 10.6 Å². The maximum Gasteiger partial charge on any atom is 0.573 e. The van der Waals surface area contributed by atoms with Gasteiger partial charge in [-0.05, 0) is 0 Å². The van der Waals surface area contributed by atoms with Crippen molar-refractivity contribution in [3.05, 3.63) is 22.5 Å². The Bertz CT molecular complexity index is 435. The minimum atomic E-state index is -5.21. The largest absolute Gasteiger partial charge is 0.573 e. The summed E-state index contributed by atoms with van der Waals surface area (Å²) >= 11 is 5.33. The molecule has 1 aromatic rings. The molecule has 0 atom stereocenters. The molecule has 0 radical (unpaired) electrons. The van der Waals surface area contributed by atoms with Crippen LogP contribution in [0.2, 0.25) is 5.02 Å². The molecule has 0 aromatic carbocycles. The number of rotatable bonds is 3. The number of carbonyl (C=O) groups excluding carboxylic acids is 1. The zero-order valence-electron chi connectivity index (χ0n) is 7.76. The Hall–Kier alpha value is -1.44. The first-order valence-corrected chi connectivity index (χ1v) is 4.31. The number of aldehydes is 1. The van der Waals surface area contributed by atoms with E-state index in [0.717, 1.165) is 0 Å². The van der Waals surface area contributed by atoms with Crippen molar-refractivity contribution in [3.8, 4) is 5.75 Å². The topological polar surface area (TPSA) is 39.2 Å². The molecular formula is C8H3ClF5NO2. The number of alkyl halides is 5. The molecule has 3 nitrogen and oxygen atoms in total. The number of pyridine rings is 1. The van der Waals surface area contributed by atoms with E-state index in [9.17, 15) is 26.7 Å². The lowest BCUT2D eigenvalue weighted by atomic mass is 10.2. The van der Waals surface area contributed by atoms with Crippen LogP contribution in [0.25, 0.3) is 0 Å². The summed E-state index contributed by atoms with van der Waals surface area (Å²) in [5.74, 6) is -1.36. The van der Waals surface area contributed by atoms with Crippen LogP contribution in [0, 0.1) is 0 Å². The second-order valence-electron chi connectivity index (χ2n) is 2.71. The van der Waals surface area contributed by atoms with Gasteiger partial charge in [0.15, 0.2) is 17.7 Å². The molecule has 0 unspecified atom stereocenters. The van der Waals surface area contributed by atoms with Crippen LogP contribution in [0.4, 0.5) is 22.0 Å². The van der Waals surface area contributed by atoms with Gasteiger partial charge in [-0.2, -0.15) is 0 Å². The van der Waals surface area contributed by atoms with Crippen LogP contribution in [0.5, 0.6) is 5.75 Å². The standard InChI is InChI=1S/C8H3ClF5NO2/c9-4-3(2-16)1-15-5(7(10)11)6(4)17-8(12,13)14/h1-2,7H. The summed E-state index contributed by atoms with van der Waals surface area (Å²) in [7, 11) is 0. The van der Waals surface area contributed by atoms with Gasteiger partial charge < -0.3 is 4.74 Å². The van der Waals surface area contributed by atoms with Gasteiger partial charge in [0.1, 0.15) is 0 Å². The van der Waals surface area contributed by atoms with Gasteiger partial charge in [-0.1, -0.05) is 11.6 Å². The zero-order chi connectivity index (χ0) is 13.2. The summed E-state index contributed by atoms with van der Waals surface area (Å²) in [6.45, 7) is 0. The molecule has 0 aliphatic rings. The van der Waals surface area contributed by atoms with Gasteiger partial charge in [-0.3, -0.25) is 9.78 Å². The fraction of sp³-hybridized carbons (Fsp3) is 0.250. The molecule has 0 saturated carbocycles. The molecule has 0 fully saturated rings. The minimum absolute atomic E-state index is 0.0772. The molecule has 1 aromatic heterocycles. The SMILES string of the molecule is O=Cc1cnc(C(F)F)c(OC(F)(F)F)c1Cl. The average Bonchev–Trinajstić information content (AvgIpc) is 2.18. The smallest absolute Gasteiger partial charge is 0.402 e. The van der Waals surface area contributed by atoms with Gasteiger partial charge in [0, 0.05) is 6.20 Å². The van der Waals surface area contributed by atoms with Crippen molar-refractivity contribution in [1.82, 2.24) is 4.98 Å². The highest BCUT2D eigenvalue weighted by atomic mass is 35.5. The molecule has 0 spiro atoms. The zero-order valence-corrected chi connectivity index (χ0v) is 8.52. The highest BCUT2D eigenvalue weighted by Crippen LogP contribution is 2.38. The third-order valence-electron chi connectivity index (χ3n) is 1.58. The Morgan fingerprint density at radius 3 is 2.41 bits per heavy atom. The summed E-state index contributed by atoms with van der Waals surface area (Å²) in [6.07, 6.45) is -7.81. The Kier molecular flexibility index (Phi) is 3.87. The monoisotopic (exact) mass is 275 g/mol. The van der Waals surface area contributed by atoms with Crippen LogP contribution < -0.4 is 4.74 Å². The molecular weight excluding hydrogens is 273 g/mol. The van der Waals surface area contributed by atoms with E-state index < -0.39 is 34.8 Å². The van der Waals surface area contributed by atoms with Gasteiger partial charge in [0.2, 0.25) is 0 Å². The third kappa shape index (κ3) is 3.26. The van der Waals surface area contributed by atoms with E-state index in [1.54, 1.807) is 0 Å². The lowest BCUT2D eigenvalue weighted by molar-refractivity contribution is -0.275. The predicted octanol–water partition coefficient (Wildman–Crippen LogP) is 3.38. The molecule has 9 heteroatoms. The molecule has 0 aliphatic heterocycles.